The molecule has 0 saturated heterocycles. The number of amides is 1. The van der Waals surface area contributed by atoms with Crippen LogP contribution in [0.5, 0.6) is 0 Å². The molecule has 3 nitrogen and oxygen atoms in total. The van der Waals surface area contributed by atoms with Crippen LogP contribution in [0.25, 0.3) is 0 Å². The van der Waals surface area contributed by atoms with Crippen LogP contribution >= 0.6 is 12.4 Å². The Morgan fingerprint density at radius 1 is 1.44 bits per heavy atom. The SMILES string of the molecule is CC1CC1CNC(=O)[C@@H](N)Cc1ccccc1.Cl. The summed E-state index contributed by atoms with van der Waals surface area (Å²) in [5.74, 6) is 1.40. The number of benzene rings is 1. The second-order valence-electron chi connectivity index (χ2n) is 5.01. The second-order valence-corrected chi connectivity index (χ2v) is 5.01. The van der Waals surface area contributed by atoms with Gasteiger partial charge in [0.05, 0.1) is 6.04 Å². The van der Waals surface area contributed by atoms with Gasteiger partial charge in [-0.2, -0.15) is 0 Å². The summed E-state index contributed by atoms with van der Waals surface area (Å²) >= 11 is 0. The van der Waals surface area contributed by atoms with Crippen molar-refractivity contribution in [3.05, 3.63) is 35.9 Å². The highest BCUT2D eigenvalue weighted by Crippen LogP contribution is 2.36. The van der Waals surface area contributed by atoms with Gasteiger partial charge in [0.25, 0.3) is 0 Å². The summed E-state index contributed by atoms with van der Waals surface area (Å²) in [6.07, 6.45) is 1.83. The Balaban J connectivity index is 0.00000162. The molecular weight excluding hydrogens is 248 g/mol. The lowest BCUT2D eigenvalue weighted by Crippen LogP contribution is -2.42. The minimum atomic E-state index is -0.438. The predicted octanol–water partition coefficient (Wildman–Crippen LogP) is 1.75. The second kappa shape index (κ2) is 6.76. The van der Waals surface area contributed by atoms with E-state index in [9.17, 15) is 4.79 Å². The third-order valence-corrected chi connectivity index (χ3v) is 3.45. The lowest BCUT2D eigenvalue weighted by atomic mass is 10.1. The summed E-state index contributed by atoms with van der Waals surface area (Å²) in [6, 6.07) is 9.44. The first kappa shape index (κ1) is 15.0. The summed E-state index contributed by atoms with van der Waals surface area (Å²) in [5, 5.41) is 2.93. The van der Waals surface area contributed by atoms with Gasteiger partial charge in [-0.3, -0.25) is 4.79 Å². The van der Waals surface area contributed by atoms with E-state index in [0.29, 0.717) is 12.3 Å². The molecule has 1 fully saturated rings. The van der Waals surface area contributed by atoms with Gasteiger partial charge in [0.15, 0.2) is 0 Å². The summed E-state index contributed by atoms with van der Waals surface area (Å²) in [4.78, 5) is 11.8. The number of halogens is 1. The highest BCUT2D eigenvalue weighted by molar-refractivity contribution is 5.85. The topological polar surface area (TPSA) is 55.1 Å². The summed E-state index contributed by atoms with van der Waals surface area (Å²) in [7, 11) is 0. The van der Waals surface area contributed by atoms with E-state index in [4.69, 9.17) is 5.73 Å². The minimum absolute atomic E-state index is 0. The summed E-state index contributed by atoms with van der Waals surface area (Å²) < 4.78 is 0. The molecule has 0 aromatic heterocycles. The number of nitrogens with two attached hydrogens (primary N) is 1. The van der Waals surface area contributed by atoms with Crippen LogP contribution in [0.1, 0.15) is 18.9 Å². The molecule has 1 aromatic carbocycles. The predicted molar refractivity (Wildman–Crippen MR) is 75.7 cm³/mol. The van der Waals surface area contributed by atoms with Crippen molar-refractivity contribution >= 4 is 18.3 Å². The Morgan fingerprint density at radius 2 is 2.06 bits per heavy atom. The Morgan fingerprint density at radius 3 is 2.61 bits per heavy atom. The van der Waals surface area contributed by atoms with Crippen LogP contribution in [0, 0.1) is 11.8 Å². The van der Waals surface area contributed by atoms with Crippen molar-refractivity contribution in [3.8, 4) is 0 Å². The van der Waals surface area contributed by atoms with E-state index < -0.39 is 6.04 Å². The molecule has 1 amide bonds. The Kier molecular flexibility index (Phi) is 5.63. The molecule has 3 N–H and O–H groups in total. The summed E-state index contributed by atoms with van der Waals surface area (Å²) in [5.41, 5.74) is 6.98. The molecule has 0 radical (unpaired) electrons. The molecule has 0 spiro atoms. The molecule has 4 heteroatoms. The number of rotatable bonds is 5. The van der Waals surface area contributed by atoms with Crippen LogP contribution in [0.15, 0.2) is 30.3 Å². The van der Waals surface area contributed by atoms with Gasteiger partial charge >= 0.3 is 0 Å². The molecule has 1 aromatic rings. The van der Waals surface area contributed by atoms with Crippen molar-refractivity contribution in [1.29, 1.82) is 0 Å². The van der Waals surface area contributed by atoms with E-state index in [0.717, 1.165) is 18.0 Å². The molecule has 2 rings (SSSR count). The van der Waals surface area contributed by atoms with Crippen molar-refractivity contribution in [2.24, 2.45) is 17.6 Å². The minimum Gasteiger partial charge on any atom is -0.354 e. The molecule has 18 heavy (non-hydrogen) atoms. The van der Waals surface area contributed by atoms with E-state index in [-0.39, 0.29) is 18.3 Å². The van der Waals surface area contributed by atoms with Gasteiger partial charge in [-0.15, -0.1) is 12.4 Å². The number of carbonyl (C=O) groups is 1. The summed E-state index contributed by atoms with van der Waals surface area (Å²) in [6.45, 7) is 2.99. The van der Waals surface area contributed by atoms with Crippen molar-refractivity contribution < 1.29 is 4.79 Å². The van der Waals surface area contributed by atoms with Gasteiger partial charge in [-0.1, -0.05) is 37.3 Å². The number of nitrogens with one attached hydrogen (secondary N) is 1. The van der Waals surface area contributed by atoms with Crippen LogP contribution in [0.4, 0.5) is 0 Å². The van der Waals surface area contributed by atoms with Crippen LogP contribution in [-0.2, 0) is 11.2 Å². The Bertz CT molecular complexity index is 383. The largest absolute Gasteiger partial charge is 0.354 e. The van der Waals surface area contributed by atoms with Crippen molar-refractivity contribution in [1.82, 2.24) is 5.32 Å². The van der Waals surface area contributed by atoms with Crippen molar-refractivity contribution in [2.75, 3.05) is 6.54 Å². The van der Waals surface area contributed by atoms with Gasteiger partial charge in [-0.25, -0.2) is 0 Å². The average Bonchev–Trinajstić information content (AvgIpc) is 3.03. The van der Waals surface area contributed by atoms with E-state index in [1.807, 2.05) is 30.3 Å². The fraction of sp³-hybridized carbons (Fsp3) is 0.500. The molecule has 3 atom stereocenters. The van der Waals surface area contributed by atoms with Gasteiger partial charge < -0.3 is 11.1 Å². The molecule has 1 aliphatic carbocycles. The zero-order chi connectivity index (χ0) is 12.3. The normalized spacial score (nSPS) is 22.8. The first-order valence-corrected chi connectivity index (χ1v) is 6.24. The Labute approximate surface area is 115 Å². The zero-order valence-corrected chi connectivity index (χ0v) is 11.5. The quantitative estimate of drug-likeness (QED) is 0.855. The van der Waals surface area contributed by atoms with Gasteiger partial charge in [0.2, 0.25) is 5.91 Å². The highest BCUT2D eigenvalue weighted by atomic mass is 35.5. The van der Waals surface area contributed by atoms with Crippen LogP contribution in [0.2, 0.25) is 0 Å². The molecule has 2 unspecified atom stereocenters. The number of hydrogen-bond acceptors (Lipinski definition) is 2. The first-order chi connectivity index (χ1) is 8.16. The lowest BCUT2D eigenvalue weighted by Gasteiger charge is -2.12. The molecule has 100 valence electrons. The average molecular weight is 269 g/mol. The zero-order valence-electron chi connectivity index (χ0n) is 10.6. The maximum absolute atomic E-state index is 11.8. The molecule has 0 aliphatic heterocycles. The van der Waals surface area contributed by atoms with Gasteiger partial charge in [-0.05, 0) is 30.2 Å². The van der Waals surface area contributed by atoms with Gasteiger partial charge in [0, 0.05) is 6.54 Å². The Hall–Kier alpha value is -1.06. The van der Waals surface area contributed by atoms with Gasteiger partial charge in [0.1, 0.15) is 0 Å². The standard InChI is InChI=1S/C14H20N2O.ClH/c1-10-7-12(10)9-16-14(17)13(15)8-11-5-3-2-4-6-11;/h2-6,10,12-13H,7-9,15H2,1H3,(H,16,17);1H/t10?,12?,13-;/m0./s1. The van der Waals surface area contributed by atoms with Crippen LogP contribution in [0.3, 0.4) is 0 Å². The maximum atomic E-state index is 11.8. The molecule has 0 bridgehead atoms. The monoisotopic (exact) mass is 268 g/mol. The third kappa shape index (κ3) is 4.31. The smallest absolute Gasteiger partial charge is 0.237 e. The molecule has 0 heterocycles. The third-order valence-electron chi connectivity index (χ3n) is 3.45. The molecule has 1 aliphatic rings. The first-order valence-electron chi connectivity index (χ1n) is 6.24. The maximum Gasteiger partial charge on any atom is 0.237 e. The number of carbonyl (C=O) groups excluding carboxylic acids is 1. The lowest BCUT2D eigenvalue weighted by molar-refractivity contribution is -0.122. The van der Waals surface area contributed by atoms with Crippen molar-refractivity contribution in [2.45, 2.75) is 25.8 Å². The van der Waals surface area contributed by atoms with Crippen LogP contribution < -0.4 is 11.1 Å². The molecular formula is C14H21ClN2O. The van der Waals surface area contributed by atoms with E-state index >= 15 is 0 Å². The fourth-order valence-electron chi connectivity index (χ4n) is 2.01. The van der Waals surface area contributed by atoms with E-state index in [2.05, 4.69) is 12.2 Å². The molecule has 1 saturated carbocycles. The highest BCUT2D eigenvalue weighted by Gasteiger charge is 2.32. The van der Waals surface area contributed by atoms with E-state index in [1.165, 1.54) is 6.42 Å². The number of hydrogen-bond donors (Lipinski definition) is 2. The van der Waals surface area contributed by atoms with E-state index in [1.54, 1.807) is 0 Å². The van der Waals surface area contributed by atoms with Crippen molar-refractivity contribution in [3.63, 3.8) is 0 Å². The van der Waals surface area contributed by atoms with Crippen LogP contribution in [-0.4, -0.2) is 18.5 Å². The fourth-order valence-corrected chi connectivity index (χ4v) is 2.01.